The van der Waals surface area contributed by atoms with Crippen molar-refractivity contribution in [3.8, 4) is 0 Å². The Morgan fingerprint density at radius 2 is 1.32 bits per heavy atom. The van der Waals surface area contributed by atoms with Gasteiger partial charge in [0.15, 0.2) is 5.96 Å². The summed E-state index contributed by atoms with van der Waals surface area (Å²) in [4.78, 5) is 131. The highest BCUT2D eigenvalue weighted by atomic mass is 16.4. The molecule has 0 radical (unpaired) electrons. The number of hydrogen-bond acceptors (Lipinski definition) is 13. The minimum atomic E-state index is -1.73. The van der Waals surface area contributed by atoms with E-state index in [0.29, 0.717) is 19.3 Å². The first-order valence-corrected chi connectivity index (χ1v) is 19.5. The lowest BCUT2D eigenvalue weighted by Gasteiger charge is -2.28. The first-order chi connectivity index (χ1) is 28.2. The van der Waals surface area contributed by atoms with Gasteiger partial charge in [-0.15, -0.1) is 0 Å². The predicted octanol–water partition coefficient (Wildman–Crippen LogP) is -5.99. The van der Waals surface area contributed by atoms with Gasteiger partial charge in [0.1, 0.15) is 36.3 Å². The quantitative estimate of drug-likeness (QED) is 0.0208. The van der Waals surface area contributed by atoms with Crippen LogP contribution in [0.2, 0.25) is 0 Å². The molecule has 1 heterocycles. The summed E-state index contributed by atoms with van der Waals surface area (Å²) in [5, 5.41) is 35.8. The van der Waals surface area contributed by atoms with E-state index in [-0.39, 0.29) is 57.8 Å². The van der Waals surface area contributed by atoms with Gasteiger partial charge in [0.05, 0.1) is 26.1 Å². The van der Waals surface area contributed by atoms with Crippen molar-refractivity contribution in [2.24, 2.45) is 33.8 Å². The van der Waals surface area contributed by atoms with Crippen LogP contribution in [0, 0.1) is 5.92 Å². The summed E-state index contributed by atoms with van der Waals surface area (Å²) in [7, 11) is 0. The number of amides is 8. The summed E-state index contributed by atoms with van der Waals surface area (Å²) in [6, 6.07) is -7.80. The van der Waals surface area contributed by atoms with E-state index in [2.05, 4.69) is 42.2 Å². The summed E-state index contributed by atoms with van der Waals surface area (Å²) in [6.45, 7) is 3.57. The number of carboxylic acids is 2. The second kappa shape index (κ2) is 26.8. The average molecular weight is 856 g/mol. The topological polar surface area (TPSA) is 415 Å². The molecule has 0 aliphatic carbocycles. The zero-order valence-electron chi connectivity index (χ0n) is 34.1. The molecule has 0 saturated carbocycles. The van der Waals surface area contributed by atoms with Crippen LogP contribution in [0.5, 0.6) is 0 Å². The first kappa shape index (κ1) is 51.9. The summed E-state index contributed by atoms with van der Waals surface area (Å²) in [6.07, 6.45) is 0.794. The van der Waals surface area contributed by atoms with Gasteiger partial charge in [-0.25, -0.2) is 4.79 Å². The van der Waals surface area contributed by atoms with E-state index >= 15 is 0 Å². The number of carbonyl (C=O) groups excluding carboxylic acids is 8. The SMILES string of the molecule is CC(NC(=O)CNC(=O)CN)C(=O)N1CCCC1C(=O)NCC(=O)NC(CC(=O)O)C(=O)NC(C(=O)NC(CCCCN)C(=O)NC(CCCN=C(N)N)C(=O)O)C(C)C. The number of aliphatic carboxylic acids is 2. The molecule has 338 valence electrons. The van der Waals surface area contributed by atoms with Gasteiger partial charge < -0.3 is 75.3 Å². The lowest BCUT2D eigenvalue weighted by molar-refractivity contribution is -0.142. The van der Waals surface area contributed by atoms with Gasteiger partial charge >= 0.3 is 11.9 Å². The number of guanidine groups is 1. The molecule has 17 N–H and O–H groups in total. The summed E-state index contributed by atoms with van der Waals surface area (Å²) in [5.74, 6) is -9.96. The minimum Gasteiger partial charge on any atom is -0.481 e. The number of carboxylic acid groups (broad SMARTS) is 2. The van der Waals surface area contributed by atoms with E-state index in [1.54, 1.807) is 13.8 Å². The van der Waals surface area contributed by atoms with Crippen LogP contribution >= 0.6 is 0 Å². The third-order valence-electron chi connectivity index (χ3n) is 9.06. The number of nitrogens with two attached hydrogens (primary N) is 4. The van der Waals surface area contributed by atoms with Crippen molar-refractivity contribution in [1.29, 1.82) is 0 Å². The van der Waals surface area contributed by atoms with Crippen molar-refractivity contribution in [3.63, 3.8) is 0 Å². The molecule has 60 heavy (non-hydrogen) atoms. The number of hydrogen-bond donors (Lipinski definition) is 13. The Balaban J connectivity index is 2.99. The maximum absolute atomic E-state index is 13.6. The normalized spacial score (nSPS) is 15.8. The fraction of sp³-hybridized carbons (Fsp3) is 0.686. The van der Waals surface area contributed by atoms with Gasteiger partial charge in [0, 0.05) is 13.1 Å². The molecule has 1 fully saturated rings. The molecule has 1 aliphatic rings. The number of nitrogens with one attached hydrogen (secondary N) is 7. The van der Waals surface area contributed by atoms with Gasteiger partial charge in [0.2, 0.25) is 47.3 Å². The maximum atomic E-state index is 13.6. The molecule has 0 aromatic carbocycles. The van der Waals surface area contributed by atoms with Gasteiger partial charge in [-0.05, 0) is 64.3 Å². The Morgan fingerprint density at radius 1 is 0.717 bits per heavy atom. The van der Waals surface area contributed by atoms with Crippen LogP contribution in [0.3, 0.4) is 0 Å². The molecule has 25 nitrogen and oxygen atoms in total. The number of rotatable bonds is 27. The Hall–Kier alpha value is -6.11. The largest absolute Gasteiger partial charge is 0.481 e. The molecule has 8 amide bonds. The van der Waals surface area contributed by atoms with Crippen molar-refractivity contribution >= 4 is 65.2 Å². The zero-order chi connectivity index (χ0) is 45.5. The van der Waals surface area contributed by atoms with E-state index in [9.17, 15) is 58.2 Å². The molecule has 1 rings (SSSR count). The highest BCUT2D eigenvalue weighted by molar-refractivity contribution is 5.98. The Bertz CT molecular complexity index is 1570. The Morgan fingerprint density at radius 3 is 1.90 bits per heavy atom. The van der Waals surface area contributed by atoms with Crippen LogP contribution in [-0.2, 0) is 47.9 Å². The Labute approximate surface area is 346 Å². The van der Waals surface area contributed by atoms with E-state index in [4.69, 9.17) is 22.9 Å². The van der Waals surface area contributed by atoms with Crippen LogP contribution in [0.25, 0.3) is 0 Å². The molecule has 0 bridgehead atoms. The van der Waals surface area contributed by atoms with Crippen molar-refractivity contribution in [3.05, 3.63) is 0 Å². The van der Waals surface area contributed by atoms with Gasteiger partial charge in [-0.2, -0.15) is 0 Å². The second-order valence-electron chi connectivity index (χ2n) is 14.3. The molecule has 0 aromatic rings. The number of carbonyl (C=O) groups is 10. The van der Waals surface area contributed by atoms with Crippen LogP contribution < -0.4 is 60.2 Å². The zero-order valence-corrected chi connectivity index (χ0v) is 34.1. The summed E-state index contributed by atoms with van der Waals surface area (Å²) >= 11 is 0. The van der Waals surface area contributed by atoms with Gasteiger partial charge in [0.25, 0.3) is 0 Å². The number of unbranched alkanes of at least 4 members (excludes halogenated alkanes) is 1. The fourth-order valence-corrected chi connectivity index (χ4v) is 5.92. The number of nitrogens with zero attached hydrogens (tertiary/aromatic N) is 2. The highest BCUT2D eigenvalue weighted by Crippen LogP contribution is 2.18. The molecule has 0 spiro atoms. The lowest BCUT2D eigenvalue weighted by atomic mass is 10.0. The number of aliphatic imine (C=N–C) groups is 1. The number of likely N-dealkylation sites (tertiary alicyclic amines) is 1. The summed E-state index contributed by atoms with van der Waals surface area (Å²) in [5.41, 5.74) is 21.4. The molecule has 25 heteroatoms. The highest BCUT2D eigenvalue weighted by Gasteiger charge is 2.37. The monoisotopic (exact) mass is 855 g/mol. The van der Waals surface area contributed by atoms with E-state index in [1.165, 1.54) is 11.8 Å². The molecule has 6 atom stereocenters. The molecule has 1 saturated heterocycles. The molecular formula is C35H61N13O12. The van der Waals surface area contributed by atoms with E-state index < -0.39 is 121 Å². The molecule has 1 aliphatic heterocycles. The smallest absolute Gasteiger partial charge is 0.326 e. The van der Waals surface area contributed by atoms with E-state index in [1.807, 2.05) is 0 Å². The first-order valence-electron chi connectivity index (χ1n) is 19.5. The van der Waals surface area contributed by atoms with Crippen molar-refractivity contribution in [1.82, 2.24) is 42.1 Å². The standard InChI is InChI=1S/C35H61N13O12/c1-18(2)28(32(57)45-20(8-4-5-11-36)29(54)46-21(34(59)60)9-6-12-40-35(38)39)47-30(55)22(14-27(52)53)44-26(51)17-42-31(56)23-10-7-13-48(23)33(58)19(3)43-25(50)16-41-24(49)15-37/h18-23,28H,4-17,36-37H2,1-3H3,(H,41,49)(H,42,56)(H,43,50)(H,44,51)(H,45,57)(H,46,54)(H,47,55)(H,52,53)(H,59,60)(H4,38,39,40). The van der Waals surface area contributed by atoms with Crippen molar-refractivity contribution in [2.75, 3.05) is 39.3 Å². The van der Waals surface area contributed by atoms with Crippen LogP contribution in [0.1, 0.15) is 72.1 Å². The van der Waals surface area contributed by atoms with Gasteiger partial charge in [-0.1, -0.05) is 13.8 Å². The van der Waals surface area contributed by atoms with E-state index in [0.717, 1.165) is 0 Å². The van der Waals surface area contributed by atoms with Crippen LogP contribution in [-0.4, -0.2) is 156 Å². The lowest BCUT2D eigenvalue weighted by Crippen LogP contribution is -2.59. The Kier molecular flexibility index (Phi) is 23.2. The average Bonchev–Trinajstić information content (AvgIpc) is 3.67. The minimum absolute atomic E-state index is 0.0362. The van der Waals surface area contributed by atoms with Crippen LogP contribution in [0.4, 0.5) is 0 Å². The molecular weight excluding hydrogens is 794 g/mol. The fourth-order valence-electron chi connectivity index (χ4n) is 5.92. The molecule has 0 aromatic heterocycles. The van der Waals surface area contributed by atoms with Gasteiger partial charge in [-0.3, -0.25) is 48.1 Å². The second-order valence-corrected chi connectivity index (χ2v) is 14.3. The van der Waals surface area contributed by atoms with Crippen LogP contribution in [0.15, 0.2) is 4.99 Å². The van der Waals surface area contributed by atoms with Crippen molar-refractivity contribution < 1.29 is 58.2 Å². The van der Waals surface area contributed by atoms with Crippen molar-refractivity contribution in [2.45, 2.75) is 108 Å². The maximum Gasteiger partial charge on any atom is 0.326 e. The third-order valence-corrected chi connectivity index (χ3v) is 9.06. The summed E-state index contributed by atoms with van der Waals surface area (Å²) < 4.78 is 0. The predicted molar refractivity (Wildman–Crippen MR) is 213 cm³/mol. The third kappa shape index (κ3) is 19.1. The molecule has 6 unspecified atom stereocenters.